The minimum absolute atomic E-state index is 0.209. The first-order chi connectivity index (χ1) is 9.63. The lowest BCUT2D eigenvalue weighted by atomic mass is 10.2. The summed E-state index contributed by atoms with van der Waals surface area (Å²) in [6.07, 6.45) is 0.625. The van der Waals surface area contributed by atoms with E-state index in [0.29, 0.717) is 28.6 Å². The first-order valence-electron chi connectivity index (χ1n) is 6.07. The van der Waals surface area contributed by atoms with Crippen LogP contribution in [0.4, 0.5) is 10.2 Å². The van der Waals surface area contributed by atoms with Gasteiger partial charge in [0, 0.05) is 5.75 Å². The molecule has 0 aliphatic carbocycles. The van der Waals surface area contributed by atoms with Gasteiger partial charge in [-0.15, -0.1) is 0 Å². The fourth-order valence-corrected chi connectivity index (χ4v) is 2.50. The Hall–Kier alpha value is -2.13. The van der Waals surface area contributed by atoms with Crippen LogP contribution in [0.25, 0.3) is 0 Å². The Bertz CT molecular complexity index is 649. The van der Waals surface area contributed by atoms with Gasteiger partial charge in [0.2, 0.25) is 0 Å². The van der Waals surface area contributed by atoms with Gasteiger partial charge in [0.15, 0.2) is 5.16 Å². The third-order valence-corrected chi connectivity index (χ3v) is 3.64. The summed E-state index contributed by atoms with van der Waals surface area (Å²) in [5.41, 5.74) is 7.73. The molecule has 1 heterocycles. The normalized spacial score (nSPS) is 10.2. The maximum Gasteiger partial charge on any atom is 0.190 e. The van der Waals surface area contributed by atoms with Crippen LogP contribution in [0.15, 0.2) is 29.4 Å². The molecule has 0 saturated heterocycles. The van der Waals surface area contributed by atoms with E-state index in [0.717, 1.165) is 5.56 Å². The number of aryl methyl sites for hydroxylation is 1. The lowest BCUT2D eigenvalue weighted by molar-refractivity contribution is 0.627. The number of rotatable bonds is 4. The van der Waals surface area contributed by atoms with E-state index in [4.69, 9.17) is 11.0 Å². The Balaban J connectivity index is 2.16. The van der Waals surface area contributed by atoms with Crippen molar-refractivity contribution < 1.29 is 4.39 Å². The zero-order valence-electron chi connectivity index (χ0n) is 10.9. The standard InChI is InChI=1S/C14H13FN4S/c1-2-12-11(7-16)13(17)19-14(18-12)20-8-9-3-5-10(15)6-4-9/h3-6H,2,8H2,1H3,(H2,17,18,19). The number of hydrogen-bond acceptors (Lipinski definition) is 5. The number of nitriles is 1. The molecule has 0 amide bonds. The highest BCUT2D eigenvalue weighted by atomic mass is 32.2. The summed E-state index contributed by atoms with van der Waals surface area (Å²) in [7, 11) is 0. The van der Waals surface area contributed by atoms with E-state index < -0.39 is 0 Å². The van der Waals surface area contributed by atoms with E-state index >= 15 is 0 Å². The van der Waals surface area contributed by atoms with E-state index in [9.17, 15) is 4.39 Å². The molecular weight excluding hydrogens is 275 g/mol. The summed E-state index contributed by atoms with van der Waals surface area (Å²) in [6.45, 7) is 1.91. The maximum atomic E-state index is 12.8. The molecule has 0 fully saturated rings. The van der Waals surface area contributed by atoms with Crippen molar-refractivity contribution in [3.05, 3.63) is 46.9 Å². The molecule has 4 nitrogen and oxygen atoms in total. The molecule has 1 aromatic heterocycles. The molecule has 102 valence electrons. The Morgan fingerprint density at radius 3 is 2.60 bits per heavy atom. The first kappa shape index (κ1) is 14.3. The summed E-state index contributed by atoms with van der Waals surface area (Å²) in [5, 5.41) is 9.53. The highest BCUT2D eigenvalue weighted by molar-refractivity contribution is 7.98. The predicted octanol–water partition coefficient (Wildman–Crippen LogP) is 2.92. The SMILES string of the molecule is CCc1nc(SCc2ccc(F)cc2)nc(N)c1C#N. The minimum Gasteiger partial charge on any atom is -0.382 e. The zero-order chi connectivity index (χ0) is 14.5. The molecule has 0 aliphatic heterocycles. The summed E-state index contributed by atoms with van der Waals surface area (Å²) in [4.78, 5) is 8.45. The van der Waals surface area contributed by atoms with E-state index in [2.05, 4.69) is 9.97 Å². The van der Waals surface area contributed by atoms with Gasteiger partial charge in [-0.05, 0) is 24.1 Å². The Morgan fingerprint density at radius 1 is 1.30 bits per heavy atom. The largest absolute Gasteiger partial charge is 0.382 e. The summed E-state index contributed by atoms with van der Waals surface area (Å²) in [6, 6.07) is 8.29. The Kier molecular flexibility index (Phi) is 4.53. The van der Waals surface area contributed by atoms with Crippen molar-refractivity contribution in [3.8, 4) is 6.07 Å². The number of anilines is 1. The molecule has 0 bridgehead atoms. The van der Waals surface area contributed by atoms with Crippen LogP contribution in [0.3, 0.4) is 0 Å². The molecule has 2 N–H and O–H groups in total. The number of nitrogen functional groups attached to an aromatic ring is 1. The number of nitrogens with zero attached hydrogens (tertiary/aromatic N) is 3. The van der Waals surface area contributed by atoms with Crippen molar-refractivity contribution in [2.45, 2.75) is 24.3 Å². The van der Waals surface area contributed by atoms with Gasteiger partial charge in [0.05, 0.1) is 5.69 Å². The van der Waals surface area contributed by atoms with Gasteiger partial charge in [-0.3, -0.25) is 0 Å². The second kappa shape index (κ2) is 6.35. The quantitative estimate of drug-likeness (QED) is 0.691. The van der Waals surface area contributed by atoms with Crippen LogP contribution in [0.5, 0.6) is 0 Å². The van der Waals surface area contributed by atoms with Crippen molar-refractivity contribution >= 4 is 17.6 Å². The average molecular weight is 288 g/mol. The highest BCUT2D eigenvalue weighted by Crippen LogP contribution is 2.23. The van der Waals surface area contributed by atoms with Gasteiger partial charge in [-0.1, -0.05) is 30.8 Å². The van der Waals surface area contributed by atoms with Gasteiger partial charge in [0.25, 0.3) is 0 Å². The van der Waals surface area contributed by atoms with Crippen LogP contribution in [0.1, 0.15) is 23.7 Å². The second-order valence-corrected chi connectivity index (χ2v) is 5.04. The van der Waals surface area contributed by atoms with E-state index in [1.807, 2.05) is 13.0 Å². The van der Waals surface area contributed by atoms with Crippen LogP contribution < -0.4 is 5.73 Å². The Morgan fingerprint density at radius 2 is 2.00 bits per heavy atom. The van der Waals surface area contributed by atoms with Crippen LogP contribution in [0.2, 0.25) is 0 Å². The fourth-order valence-electron chi connectivity index (χ4n) is 1.67. The average Bonchev–Trinajstić information content (AvgIpc) is 2.46. The molecule has 2 rings (SSSR count). The third-order valence-electron chi connectivity index (χ3n) is 2.72. The Labute approximate surface area is 120 Å². The van der Waals surface area contributed by atoms with Gasteiger partial charge in [-0.25, -0.2) is 14.4 Å². The molecule has 0 spiro atoms. The van der Waals surface area contributed by atoms with Gasteiger partial charge >= 0.3 is 0 Å². The molecule has 0 aliphatic rings. The maximum absolute atomic E-state index is 12.8. The molecule has 0 atom stereocenters. The molecule has 0 radical (unpaired) electrons. The van der Waals surface area contributed by atoms with Crippen LogP contribution in [0, 0.1) is 17.1 Å². The van der Waals surface area contributed by atoms with E-state index in [-0.39, 0.29) is 11.6 Å². The lowest BCUT2D eigenvalue weighted by Crippen LogP contribution is -2.04. The van der Waals surface area contributed by atoms with Crippen molar-refractivity contribution in [2.24, 2.45) is 0 Å². The number of halogens is 1. The molecule has 0 unspecified atom stereocenters. The third kappa shape index (κ3) is 3.25. The molecule has 1 aromatic carbocycles. The van der Waals surface area contributed by atoms with Crippen LogP contribution in [-0.2, 0) is 12.2 Å². The molecule has 6 heteroatoms. The molecular formula is C14H13FN4S. The van der Waals surface area contributed by atoms with Gasteiger partial charge < -0.3 is 5.73 Å². The minimum atomic E-state index is -0.258. The molecule has 20 heavy (non-hydrogen) atoms. The zero-order valence-corrected chi connectivity index (χ0v) is 11.7. The molecule has 2 aromatic rings. The smallest absolute Gasteiger partial charge is 0.190 e. The summed E-state index contributed by atoms with van der Waals surface area (Å²) in [5.74, 6) is 0.571. The highest BCUT2D eigenvalue weighted by Gasteiger charge is 2.11. The number of nitrogens with two attached hydrogens (primary N) is 1. The topological polar surface area (TPSA) is 75.6 Å². The summed E-state index contributed by atoms with van der Waals surface area (Å²) < 4.78 is 12.8. The van der Waals surface area contributed by atoms with E-state index in [1.54, 1.807) is 12.1 Å². The number of thioether (sulfide) groups is 1. The van der Waals surface area contributed by atoms with Gasteiger partial charge in [-0.2, -0.15) is 5.26 Å². The van der Waals surface area contributed by atoms with Crippen molar-refractivity contribution in [1.82, 2.24) is 9.97 Å². The number of aromatic nitrogens is 2. The summed E-state index contributed by atoms with van der Waals surface area (Å²) >= 11 is 1.41. The molecule has 0 saturated carbocycles. The lowest BCUT2D eigenvalue weighted by Gasteiger charge is -2.06. The van der Waals surface area contributed by atoms with Crippen molar-refractivity contribution in [3.63, 3.8) is 0 Å². The predicted molar refractivity (Wildman–Crippen MR) is 76.5 cm³/mol. The van der Waals surface area contributed by atoms with Crippen LogP contribution in [-0.4, -0.2) is 9.97 Å². The number of benzene rings is 1. The number of hydrogen-bond donors (Lipinski definition) is 1. The fraction of sp³-hybridized carbons (Fsp3) is 0.214. The van der Waals surface area contributed by atoms with Crippen molar-refractivity contribution in [1.29, 1.82) is 5.26 Å². The van der Waals surface area contributed by atoms with E-state index in [1.165, 1.54) is 23.9 Å². The van der Waals surface area contributed by atoms with Crippen LogP contribution >= 0.6 is 11.8 Å². The van der Waals surface area contributed by atoms with Gasteiger partial charge in [0.1, 0.15) is 23.3 Å². The monoisotopic (exact) mass is 288 g/mol. The first-order valence-corrected chi connectivity index (χ1v) is 7.06. The second-order valence-electron chi connectivity index (χ2n) is 4.09. The van der Waals surface area contributed by atoms with Crippen molar-refractivity contribution in [2.75, 3.05) is 5.73 Å².